The molecule has 2 aliphatic heterocycles. The number of piperidine rings is 1. The van der Waals surface area contributed by atoms with E-state index in [9.17, 15) is 22.8 Å². The van der Waals surface area contributed by atoms with Crippen molar-refractivity contribution in [2.45, 2.75) is 49.6 Å². The lowest BCUT2D eigenvalue weighted by atomic mass is 10.0. The number of carbonyl (C=O) groups excluding carboxylic acids is 3. The molecule has 1 aromatic rings. The predicted octanol–water partition coefficient (Wildman–Crippen LogP) is 0.350. The summed E-state index contributed by atoms with van der Waals surface area (Å²) in [7, 11) is -3.54. The molecule has 3 N–H and O–H groups in total. The van der Waals surface area contributed by atoms with Crippen molar-refractivity contribution in [1.82, 2.24) is 10.2 Å². The minimum absolute atomic E-state index is 0.00391. The summed E-state index contributed by atoms with van der Waals surface area (Å²) in [4.78, 5) is 37.7. The van der Waals surface area contributed by atoms with Crippen molar-refractivity contribution < 1.29 is 22.8 Å². The second-order valence-corrected chi connectivity index (χ2v) is 8.93. The molecule has 3 rings (SSSR count). The minimum Gasteiger partial charge on any atom is -0.330 e. The van der Waals surface area contributed by atoms with Gasteiger partial charge < -0.3 is 10.6 Å². The highest BCUT2D eigenvalue weighted by molar-refractivity contribution is 7.91. The molecule has 1 unspecified atom stereocenters. The van der Waals surface area contributed by atoms with Gasteiger partial charge in [-0.2, -0.15) is 0 Å². The summed E-state index contributed by atoms with van der Waals surface area (Å²) in [6.45, 7) is 0.578. The van der Waals surface area contributed by atoms with Crippen LogP contribution in [0.5, 0.6) is 0 Å². The number of nitrogens with two attached hydrogens (primary N) is 1. The monoisotopic (exact) mass is 393 g/mol. The highest BCUT2D eigenvalue weighted by atomic mass is 32.2. The van der Waals surface area contributed by atoms with Gasteiger partial charge >= 0.3 is 0 Å². The lowest BCUT2D eigenvalue weighted by Gasteiger charge is -2.29. The van der Waals surface area contributed by atoms with Crippen LogP contribution in [0.2, 0.25) is 0 Å². The van der Waals surface area contributed by atoms with Gasteiger partial charge in [0.2, 0.25) is 11.8 Å². The molecule has 1 aromatic carbocycles. The average Bonchev–Trinajstić information content (AvgIpc) is 2.95. The van der Waals surface area contributed by atoms with Gasteiger partial charge in [-0.25, -0.2) is 8.42 Å². The number of unbranched alkanes of at least 4 members (excludes halogenated alkanes) is 2. The zero-order valence-corrected chi connectivity index (χ0v) is 15.8. The topological polar surface area (TPSA) is 127 Å². The number of amides is 3. The summed E-state index contributed by atoms with van der Waals surface area (Å²) >= 11 is 0. The molecule has 2 aliphatic rings. The van der Waals surface area contributed by atoms with Crippen LogP contribution in [0.3, 0.4) is 0 Å². The quantitative estimate of drug-likeness (QED) is 0.508. The normalized spacial score (nSPS) is 20.0. The predicted molar refractivity (Wildman–Crippen MR) is 97.4 cm³/mol. The molecule has 146 valence electrons. The Kier molecular flexibility index (Phi) is 5.61. The van der Waals surface area contributed by atoms with Gasteiger partial charge in [0, 0.05) is 24.1 Å². The Morgan fingerprint density at radius 3 is 2.63 bits per heavy atom. The molecular formula is C18H23N3O5S. The second kappa shape index (κ2) is 7.77. The average molecular weight is 393 g/mol. The van der Waals surface area contributed by atoms with E-state index in [0.29, 0.717) is 24.1 Å². The maximum absolute atomic E-state index is 12.8. The molecule has 3 amide bonds. The first-order valence-corrected chi connectivity index (χ1v) is 10.7. The third kappa shape index (κ3) is 3.89. The fourth-order valence-corrected chi connectivity index (χ4v) is 5.21. The summed E-state index contributed by atoms with van der Waals surface area (Å²) in [5.74, 6) is -1.25. The number of sulfone groups is 1. The maximum Gasteiger partial charge on any atom is 0.255 e. The molecule has 0 spiro atoms. The van der Waals surface area contributed by atoms with Crippen LogP contribution in [0.4, 0.5) is 0 Å². The van der Waals surface area contributed by atoms with Crippen molar-refractivity contribution in [1.29, 1.82) is 0 Å². The molecule has 2 heterocycles. The number of rotatable bonds is 7. The molecule has 1 fully saturated rings. The molecule has 0 bridgehead atoms. The van der Waals surface area contributed by atoms with Crippen molar-refractivity contribution in [3.05, 3.63) is 29.3 Å². The summed E-state index contributed by atoms with van der Waals surface area (Å²) in [5.41, 5.74) is 6.18. The molecule has 0 aliphatic carbocycles. The van der Waals surface area contributed by atoms with Gasteiger partial charge in [0.25, 0.3) is 5.91 Å². The number of fused-ring (bicyclic) bond motifs is 1. The standard InChI is InChI=1S/C18H23N3O5S/c19-9-2-1-3-10-27(25,26)15-6-4-5-12-13(15)11-21(18(12)24)14-7-8-16(22)20-17(14)23/h4-6,14H,1-3,7-11,19H2,(H,20,22,23). The van der Waals surface area contributed by atoms with E-state index < -0.39 is 21.8 Å². The highest BCUT2D eigenvalue weighted by Gasteiger charge is 2.40. The van der Waals surface area contributed by atoms with E-state index in [1.807, 2.05) is 0 Å². The van der Waals surface area contributed by atoms with Gasteiger partial charge in [-0.1, -0.05) is 12.5 Å². The van der Waals surface area contributed by atoms with Gasteiger partial charge in [0.15, 0.2) is 9.84 Å². The lowest BCUT2D eigenvalue weighted by Crippen LogP contribution is -2.52. The summed E-state index contributed by atoms with van der Waals surface area (Å²) in [6.07, 6.45) is 2.40. The van der Waals surface area contributed by atoms with E-state index in [0.717, 1.165) is 12.8 Å². The number of nitrogens with one attached hydrogen (secondary N) is 1. The highest BCUT2D eigenvalue weighted by Crippen LogP contribution is 2.32. The van der Waals surface area contributed by atoms with E-state index in [4.69, 9.17) is 5.73 Å². The number of imide groups is 1. The fourth-order valence-electron chi connectivity index (χ4n) is 3.57. The number of hydrogen-bond acceptors (Lipinski definition) is 6. The van der Waals surface area contributed by atoms with Gasteiger partial charge in [-0.15, -0.1) is 0 Å². The molecule has 27 heavy (non-hydrogen) atoms. The lowest BCUT2D eigenvalue weighted by molar-refractivity contribution is -0.136. The minimum atomic E-state index is -3.54. The van der Waals surface area contributed by atoms with Crippen LogP contribution in [0.1, 0.15) is 48.0 Å². The zero-order chi connectivity index (χ0) is 19.6. The summed E-state index contributed by atoms with van der Waals surface area (Å²) < 4.78 is 25.5. The Hall–Kier alpha value is -2.26. The third-order valence-electron chi connectivity index (χ3n) is 4.99. The van der Waals surface area contributed by atoms with Crippen LogP contribution in [0.25, 0.3) is 0 Å². The Labute approximate surface area is 158 Å². The van der Waals surface area contributed by atoms with Crippen molar-refractivity contribution >= 4 is 27.6 Å². The molecule has 9 heteroatoms. The summed E-state index contributed by atoms with van der Waals surface area (Å²) in [5, 5.41) is 2.24. The van der Waals surface area contributed by atoms with E-state index in [-0.39, 0.29) is 41.8 Å². The third-order valence-corrected chi connectivity index (χ3v) is 6.87. The molecule has 8 nitrogen and oxygen atoms in total. The van der Waals surface area contributed by atoms with E-state index in [1.165, 1.54) is 11.0 Å². The van der Waals surface area contributed by atoms with Crippen LogP contribution >= 0.6 is 0 Å². The number of nitrogens with zero attached hydrogens (tertiary/aromatic N) is 1. The van der Waals surface area contributed by atoms with Gasteiger partial charge in [0.1, 0.15) is 6.04 Å². The smallest absolute Gasteiger partial charge is 0.255 e. The first-order chi connectivity index (χ1) is 12.8. The van der Waals surface area contributed by atoms with Crippen LogP contribution in [0, 0.1) is 0 Å². The first kappa shape index (κ1) is 19.5. The van der Waals surface area contributed by atoms with Crippen LogP contribution in [-0.2, 0) is 26.0 Å². The molecule has 1 atom stereocenters. The van der Waals surface area contributed by atoms with Gasteiger partial charge in [0.05, 0.1) is 10.6 Å². The fraction of sp³-hybridized carbons (Fsp3) is 0.500. The van der Waals surface area contributed by atoms with Gasteiger partial charge in [-0.3, -0.25) is 19.7 Å². The molecule has 0 aromatic heterocycles. The second-order valence-electron chi connectivity index (χ2n) is 6.85. The van der Waals surface area contributed by atoms with E-state index >= 15 is 0 Å². The SMILES string of the molecule is NCCCCCS(=O)(=O)c1cccc2c1CN(C1CCC(=O)NC1=O)C2=O. The molecule has 1 saturated heterocycles. The van der Waals surface area contributed by atoms with E-state index in [1.54, 1.807) is 12.1 Å². The number of benzene rings is 1. The Morgan fingerprint density at radius 1 is 1.15 bits per heavy atom. The number of carbonyl (C=O) groups is 3. The molecule has 0 saturated carbocycles. The molecule has 0 radical (unpaired) electrons. The van der Waals surface area contributed by atoms with Crippen molar-refractivity contribution in [3.63, 3.8) is 0 Å². The zero-order valence-electron chi connectivity index (χ0n) is 14.9. The van der Waals surface area contributed by atoms with Crippen LogP contribution in [-0.4, -0.2) is 49.4 Å². The van der Waals surface area contributed by atoms with E-state index in [2.05, 4.69) is 5.32 Å². The van der Waals surface area contributed by atoms with Crippen molar-refractivity contribution in [2.24, 2.45) is 5.73 Å². The van der Waals surface area contributed by atoms with Crippen LogP contribution < -0.4 is 11.1 Å². The summed E-state index contributed by atoms with van der Waals surface area (Å²) in [6, 6.07) is 3.88. The Morgan fingerprint density at radius 2 is 1.93 bits per heavy atom. The largest absolute Gasteiger partial charge is 0.330 e. The van der Waals surface area contributed by atoms with Crippen LogP contribution in [0.15, 0.2) is 23.1 Å². The van der Waals surface area contributed by atoms with Crippen molar-refractivity contribution in [2.75, 3.05) is 12.3 Å². The van der Waals surface area contributed by atoms with Gasteiger partial charge in [-0.05, 0) is 37.9 Å². The van der Waals surface area contributed by atoms with Crippen molar-refractivity contribution in [3.8, 4) is 0 Å². The number of hydrogen-bond donors (Lipinski definition) is 2. The molecular weight excluding hydrogens is 370 g/mol. The Balaban J connectivity index is 1.83. The maximum atomic E-state index is 12.8. The first-order valence-electron chi connectivity index (χ1n) is 9.04. The Bertz CT molecular complexity index is 881.